The van der Waals surface area contributed by atoms with Crippen molar-refractivity contribution in [1.82, 2.24) is 10.2 Å². The van der Waals surface area contributed by atoms with Gasteiger partial charge in [-0.1, -0.05) is 18.2 Å². The molecule has 3 fully saturated rings. The molecule has 0 radical (unpaired) electrons. The lowest BCUT2D eigenvalue weighted by Crippen LogP contribution is -2.40. The lowest BCUT2D eigenvalue weighted by molar-refractivity contribution is -0.136. The summed E-state index contributed by atoms with van der Waals surface area (Å²) in [6.45, 7) is 5.58. The van der Waals surface area contributed by atoms with Crippen LogP contribution in [0.25, 0.3) is 0 Å². The molecule has 2 aliphatic heterocycles. The fourth-order valence-electron chi connectivity index (χ4n) is 5.83. The molecule has 1 saturated carbocycles. The summed E-state index contributed by atoms with van der Waals surface area (Å²) >= 11 is 0. The van der Waals surface area contributed by atoms with E-state index < -0.39 is 5.41 Å². The molecule has 33 heavy (non-hydrogen) atoms. The molecule has 0 atom stereocenters. The fourth-order valence-corrected chi connectivity index (χ4v) is 5.83. The Morgan fingerprint density at radius 3 is 2.33 bits per heavy atom. The van der Waals surface area contributed by atoms with Gasteiger partial charge in [0.2, 0.25) is 5.91 Å². The number of hydrogen-bond acceptors (Lipinski definition) is 5. The molecule has 6 nitrogen and oxygen atoms in total. The fraction of sp³-hybridized carbons (Fsp3) is 0.667. The molecule has 3 N–H and O–H groups in total. The van der Waals surface area contributed by atoms with Gasteiger partial charge in [-0.15, -0.1) is 0 Å². The van der Waals surface area contributed by atoms with Gasteiger partial charge < -0.3 is 25.2 Å². The number of ether oxygens (including phenoxy) is 1. The molecule has 4 rings (SSSR count). The first-order valence-corrected chi connectivity index (χ1v) is 12.7. The number of likely N-dealkylation sites (tertiary alicyclic amines) is 1. The minimum absolute atomic E-state index is 0.0418. The van der Waals surface area contributed by atoms with Crippen molar-refractivity contribution in [3.63, 3.8) is 0 Å². The highest BCUT2D eigenvalue weighted by Crippen LogP contribution is 2.40. The minimum Gasteiger partial charge on any atom is -0.493 e. The molecule has 1 aromatic carbocycles. The van der Waals surface area contributed by atoms with Gasteiger partial charge in [0.15, 0.2) is 0 Å². The molecule has 0 bridgehead atoms. The lowest BCUT2D eigenvalue weighted by Gasteiger charge is -2.31. The van der Waals surface area contributed by atoms with Crippen molar-refractivity contribution >= 4 is 5.91 Å². The van der Waals surface area contributed by atoms with Crippen LogP contribution in [0.4, 0.5) is 0 Å². The van der Waals surface area contributed by atoms with Crippen LogP contribution < -0.4 is 10.1 Å². The van der Waals surface area contributed by atoms with Gasteiger partial charge in [-0.2, -0.15) is 0 Å². The molecule has 3 aliphatic rings. The van der Waals surface area contributed by atoms with Gasteiger partial charge in [0.05, 0.1) is 25.2 Å². The number of carbonyl (C=O) groups excluding carboxylic acids is 1. The summed E-state index contributed by atoms with van der Waals surface area (Å²) in [7, 11) is 0. The third-order valence-electron chi connectivity index (χ3n) is 8.17. The number of amides is 1. The van der Waals surface area contributed by atoms with Gasteiger partial charge in [0, 0.05) is 19.0 Å². The topological polar surface area (TPSA) is 82.0 Å². The van der Waals surface area contributed by atoms with Gasteiger partial charge in [0.25, 0.3) is 0 Å². The number of carbonyl (C=O) groups is 1. The van der Waals surface area contributed by atoms with Crippen molar-refractivity contribution < 1.29 is 19.7 Å². The van der Waals surface area contributed by atoms with Gasteiger partial charge in [-0.25, -0.2) is 0 Å². The quantitative estimate of drug-likeness (QED) is 0.550. The van der Waals surface area contributed by atoms with Crippen molar-refractivity contribution in [2.75, 3.05) is 46.0 Å². The van der Waals surface area contributed by atoms with Crippen molar-refractivity contribution in [3.8, 4) is 5.75 Å². The Bertz CT molecular complexity index is 804. The maximum absolute atomic E-state index is 13.2. The van der Waals surface area contributed by atoms with E-state index in [1.807, 2.05) is 17.9 Å². The molecule has 1 aliphatic carbocycles. The van der Waals surface area contributed by atoms with Crippen LogP contribution in [0.2, 0.25) is 0 Å². The summed E-state index contributed by atoms with van der Waals surface area (Å²) in [5.41, 5.74) is 1.63. The van der Waals surface area contributed by atoms with Crippen LogP contribution in [-0.4, -0.2) is 67.0 Å². The van der Waals surface area contributed by atoms with E-state index in [9.17, 15) is 15.0 Å². The van der Waals surface area contributed by atoms with Gasteiger partial charge >= 0.3 is 0 Å². The van der Waals surface area contributed by atoms with Crippen molar-refractivity contribution in [2.24, 2.45) is 17.3 Å². The summed E-state index contributed by atoms with van der Waals surface area (Å²) in [5, 5.41) is 23.1. The summed E-state index contributed by atoms with van der Waals surface area (Å²) < 4.78 is 6.03. The Labute approximate surface area is 198 Å². The number of aliphatic hydroxyl groups is 2. The van der Waals surface area contributed by atoms with Crippen LogP contribution in [0, 0.1) is 17.3 Å². The molecular weight excluding hydrogens is 416 g/mol. The summed E-state index contributed by atoms with van der Waals surface area (Å²) in [5.74, 6) is 2.31. The molecule has 1 amide bonds. The van der Waals surface area contributed by atoms with Crippen molar-refractivity contribution in [3.05, 3.63) is 41.5 Å². The third kappa shape index (κ3) is 5.44. The number of piperidine rings is 1. The smallest absolute Gasteiger partial charge is 0.226 e. The number of hydrogen-bond donors (Lipinski definition) is 3. The summed E-state index contributed by atoms with van der Waals surface area (Å²) in [6.07, 6.45) is 8.14. The standard InChI is InChI=1S/C27H40N2O4/c1-2-24-15-29(17-27(24,18-30)19-31)26(32)23-5-3-21(4-6-23)22-7-9-25(10-8-22)33-16-20-11-13-28-14-12-20/h2,7-10,20-21,23,28,30-31H,3-6,11-19H2,1H3. The van der Waals surface area contributed by atoms with Crippen LogP contribution in [0.15, 0.2) is 35.9 Å². The average molecular weight is 457 g/mol. The summed E-state index contributed by atoms with van der Waals surface area (Å²) in [4.78, 5) is 15.0. The lowest BCUT2D eigenvalue weighted by atomic mass is 9.78. The van der Waals surface area contributed by atoms with E-state index >= 15 is 0 Å². The molecule has 6 heteroatoms. The zero-order chi connectivity index (χ0) is 23.3. The molecular formula is C27H40N2O4. The monoisotopic (exact) mass is 456 g/mol. The second-order valence-corrected chi connectivity index (χ2v) is 10.2. The van der Waals surface area contributed by atoms with E-state index in [1.54, 1.807) is 0 Å². The maximum atomic E-state index is 13.2. The number of rotatable bonds is 7. The molecule has 0 aromatic heterocycles. The van der Waals surface area contributed by atoms with Gasteiger partial charge in [-0.3, -0.25) is 4.79 Å². The first-order chi connectivity index (χ1) is 16.1. The predicted octanol–water partition coefficient (Wildman–Crippen LogP) is 3.10. The van der Waals surface area contributed by atoms with E-state index in [2.05, 4.69) is 29.6 Å². The van der Waals surface area contributed by atoms with Crippen LogP contribution in [0.1, 0.15) is 56.9 Å². The Hall–Kier alpha value is -1.89. The summed E-state index contributed by atoms with van der Waals surface area (Å²) in [6, 6.07) is 8.58. The minimum atomic E-state index is -0.681. The van der Waals surface area contributed by atoms with E-state index in [-0.39, 0.29) is 25.0 Å². The number of nitrogens with zero attached hydrogens (tertiary/aromatic N) is 1. The Kier molecular flexibility index (Phi) is 8.10. The van der Waals surface area contributed by atoms with E-state index in [0.29, 0.717) is 24.9 Å². The number of aliphatic hydroxyl groups excluding tert-OH is 2. The Morgan fingerprint density at radius 2 is 1.76 bits per heavy atom. The zero-order valence-corrected chi connectivity index (χ0v) is 20.0. The second kappa shape index (κ2) is 11.0. The first-order valence-electron chi connectivity index (χ1n) is 12.7. The average Bonchev–Trinajstić information content (AvgIpc) is 3.27. The van der Waals surface area contributed by atoms with Gasteiger partial charge in [0.1, 0.15) is 5.75 Å². The second-order valence-electron chi connectivity index (χ2n) is 10.2. The van der Waals surface area contributed by atoms with E-state index in [4.69, 9.17) is 4.74 Å². The largest absolute Gasteiger partial charge is 0.493 e. The highest BCUT2D eigenvalue weighted by molar-refractivity contribution is 5.80. The molecule has 0 spiro atoms. The molecule has 1 aromatic rings. The number of allylic oxidation sites excluding steroid dienone is 1. The SMILES string of the molecule is CC=C1CN(C(=O)C2CCC(c3ccc(OCC4CCNCC4)cc3)CC2)CC1(CO)CO. The molecule has 2 heterocycles. The highest BCUT2D eigenvalue weighted by atomic mass is 16.5. The van der Waals surface area contributed by atoms with E-state index in [1.165, 1.54) is 18.4 Å². The number of benzene rings is 1. The van der Waals surface area contributed by atoms with Crippen LogP contribution >= 0.6 is 0 Å². The maximum Gasteiger partial charge on any atom is 0.226 e. The van der Waals surface area contributed by atoms with Gasteiger partial charge in [-0.05, 0) is 93.6 Å². The predicted molar refractivity (Wildman–Crippen MR) is 129 cm³/mol. The van der Waals surface area contributed by atoms with Crippen LogP contribution in [0.5, 0.6) is 5.75 Å². The Morgan fingerprint density at radius 1 is 1.09 bits per heavy atom. The van der Waals surface area contributed by atoms with Crippen molar-refractivity contribution in [1.29, 1.82) is 0 Å². The zero-order valence-electron chi connectivity index (χ0n) is 20.0. The number of nitrogens with one attached hydrogen (secondary N) is 1. The normalized spacial score (nSPS) is 27.1. The highest BCUT2D eigenvalue weighted by Gasteiger charge is 2.44. The van der Waals surface area contributed by atoms with E-state index in [0.717, 1.165) is 56.7 Å². The first kappa shape index (κ1) is 24.2. The molecule has 0 unspecified atom stereocenters. The Balaban J connectivity index is 1.27. The van der Waals surface area contributed by atoms with Crippen LogP contribution in [0.3, 0.4) is 0 Å². The van der Waals surface area contributed by atoms with Crippen molar-refractivity contribution in [2.45, 2.75) is 51.4 Å². The third-order valence-corrected chi connectivity index (χ3v) is 8.17. The molecule has 2 saturated heterocycles. The molecule has 182 valence electrons. The van der Waals surface area contributed by atoms with Crippen LogP contribution in [-0.2, 0) is 4.79 Å².